The minimum Gasteiger partial charge on any atom is -0.481 e. The van der Waals surface area contributed by atoms with Crippen molar-refractivity contribution in [3.8, 4) is 5.75 Å². The van der Waals surface area contributed by atoms with Crippen molar-refractivity contribution in [1.82, 2.24) is 10.3 Å². The number of anilines is 1. The molecule has 0 saturated carbocycles. The van der Waals surface area contributed by atoms with Gasteiger partial charge in [0.1, 0.15) is 5.75 Å². The molecule has 1 aromatic heterocycles. The largest absolute Gasteiger partial charge is 0.481 e. The zero-order valence-electron chi connectivity index (χ0n) is 18.0. The molecule has 0 bridgehead atoms. The third-order valence-electron chi connectivity index (χ3n) is 4.82. The number of aromatic nitrogens is 1. The number of carbonyl (C=O) groups excluding carboxylic acids is 2. The highest BCUT2D eigenvalue weighted by Crippen LogP contribution is 2.27. The lowest BCUT2D eigenvalue weighted by Gasteiger charge is -2.19. The van der Waals surface area contributed by atoms with Gasteiger partial charge in [0.05, 0.1) is 11.3 Å². The van der Waals surface area contributed by atoms with Crippen molar-refractivity contribution < 1.29 is 14.3 Å². The molecule has 3 aromatic rings. The quantitative estimate of drug-likeness (QED) is 0.564. The Balaban J connectivity index is 1.67. The SMILES string of the molecule is CC(C)c1ccccc1O[C@H](C)C(=O)Nc1ccccc1C(=O)NCc1cccnc1. The van der Waals surface area contributed by atoms with Crippen molar-refractivity contribution >= 4 is 17.5 Å². The molecule has 160 valence electrons. The third kappa shape index (κ3) is 5.92. The summed E-state index contributed by atoms with van der Waals surface area (Å²) in [6, 6.07) is 18.3. The summed E-state index contributed by atoms with van der Waals surface area (Å²) in [6.45, 7) is 6.19. The summed E-state index contributed by atoms with van der Waals surface area (Å²) in [6.07, 6.45) is 2.65. The van der Waals surface area contributed by atoms with Crippen LogP contribution in [0.15, 0.2) is 73.1 Å². The molecule has 0 spiro atoms. The number of amides is 2. The van der Waals surface area contributed by atoms with Gasteiger partial charge in [0.15, 0.2) is 6.10 Å². The molecule has 2 N–H and O–H groups in total. The average molecular weight is 418 g/mol. The van der Waals surface area contributed by atoms with Crippen LogP contribution in [0.25, 0.3) is 0 Å². The Morgan fingerprint density at radius 1 is 0.968 bits per heavy atom. The van der Waals surface area contributed by atoms with Crippen LogP contribution in [-0.2, 0) is 11.3 Å². The molecule has 1 heterocycles. The molecular formula is C25H27N3O3. The van der Waals surface area contributed by atoms with Crippen LogP contribution >= 0.6 is 0 Å². The summed E-state index contributed by atoms with van der Waals surface area (Å²) in [5, 5.41) is 5.68. The van der Waals surface area contributed by atoms with Crippen LogP contribution in [-0.4, -0.2) is 22.9 Å². The number of carbonyl (C=O) groups is 2. The summed E-state index contributed by atoms with van der Waals surface area (Å²) >= 11 is 0. The molecule has 31 heavy (non-hydrogen) atoms. The van der Waals surface area contributed by atoms with E-state index in [1.54, 1.807) is 43.6 Å². The number of nitrogens with zero attached hydrogens (tertiary/aromatic N) is 1. The molecule has 0 aliphatic heterocycles. The fourth-order valence-corrected chi connectivity index (χ4v) is 3.11. The van der Waals surface area contributed by atoms with Crippen molar-refractivity contribution in [2.24, 2.45) is 0 Å². The Labute approximate surface area is 182 Å². The number of hydrogen-bond donors (Lipinski definition) is 2. The normalized spacial score (nSPS) is 11.6. The van der Waals surface area contributed by atoms with E-state index in [0.29, 0.717) is 23.5 Å². The Morgan fingerprint density at radius 3 is 2.45 bits per heavy atom. The molecule has 6 nitrogen and oxygen atoms in total. The zero-order chi connectivity index (χ0) is 22.2. The average Bonchev–Trinajstić information content (AvgIpc) is 2.78. The molecule has 0 fully saturated rings. The van der Waals surface area contributed by atoms with E-state index >= 15 is 0 Å². The van der Waals surface area contributed by atoms with Gasteiger partial charge in [-0.3, -0.25) is 14.6 Å². The van der Waals surface area contributed by atoms with E-state index in [4.69, 9.17) is 4.74 Å². The van der Waals surface area contributed by atoms with Crippen molar-refractivity contribution in [2.75, 3.05) is 5.32 Å². The number of pyridine rings is 1. The van der Waals surface area contributed by atoms with Gasteiger partial charge in [-0.1, -0.05) is 50.2 Å². The van der Waals surface area contributed by atoms with Gasteiger partial charge in [-0.15, -0.1) is 0 Å². The first-order valence-corrected chi connectivity index (χ1v) is 10.3. The molecule has 1 atom stereocenters. The van der Waals surface area contributed by atoms with Gasteiger partial charge in [-0.05, 0) is 48.2 Å². The summed E-state index contributed by atoms with van der Waals surface area (Å²) in [7, 11) is 0. The third-order valence-corrected chi connectivity index (χ3v) is 4.82. The van der Waals surface area contributed by atoms with E-state index in [0.717, 1.165) is 11.1 Å². The zero-order valence-corrected chi connectivity index (χ0v) is 18.0. The van der Waals surface area contributed by atoms with Crippen LogP contribution < -0.4 is 15.4 Å². The Kier molecular flexibility index (Phi) is 7.38. The Morgan fingerprint density at radius 2 is 1.71 bits per heavy atom. The highest BCUT2D eigenvalue weighted by molar-refractivity contribution is 6.04. The van der Waals surface area contributed by atoms with Crippen LogP contribution in [0, 0.1) is 0 Å². The van der Waals surface area contributed by atoms with E-state index in [2.05, 4.69) is 29.5 Å². The number of rotatable bonds is 8. The van der Waals surface area contributed by atoms with Crippen molar-refractivity contribution in [3.05, 3.63) is 89.7 Å². The molecule has 2 amide bonds. The van der Waals surface area contributed by atoms with Gasteiger partial charge in [0.2, 0.25) is 0 Å². The summed E-state index contributed by atoms with van der Waals surface area (Å²) in [4.78, 5) is 29.5. The van der Waals surface area contributed by atoms with Crippen LogP contribution in [0.3, 0.4) is 0 Å². The maximum absolute atomic E-state index is 12.8. The van der Waals surface area contributed by atoms with E-state index in [1.807, 2.05) is 36.4 Å². The highest BCUT2D eigenvalue weighted by atomic mass is 16.5. The van der Waals surface area contributed by atoms with Gasteiger partial charge in [-0.2, -0.15) is 0 Å². The minimum atomic E-state index is -0.730. The van der Waals surface area contributed by atoms with Crippen molar-refractivity contribution in [2.45, 2.75) is 39.3 Å². The second-order valence-corrected chi connectivity index (χ2v) is 7.53. The van der Waals surface area contributed by atoms with E-state index in [1.165, 1.54) is 0 Å². The lowest BCUT2D eigenvalue weighted by atomic mass is 10.0. The van der Waals surface area contributed by atoms with Crippen LogP contribution in [0.2, 0.25) is 0 Å². The monoisotopic (exact) mass is 417 g/mol. The number of hydrogen-bond acceptors (Lipinski definition) is 4. The molecule has 6 heteroatoms. The van der Waals surface area contributed by atoms with Crippen LogP contribution in [0.5, 0.6) is 5.75 Å². The summed E-state index contributed by atoms with van der Waals surface area (Å²) in [5.74, 6) is 0.350. The van der Waals surface area contributed by atoms with Gasteiger partial charge in [0.25, 0.3) is 11.8 Å². The number of benzene rings is 2. The molecular weight excluding hydrogens is 390 g/mol. The molecule has 0 unspecified atom stereocenters. The number of ether oxygens (including phenoxy) is 1. The lowest BCUT2D eigenvalue weighted by Crippen LogP contribution is -2.32. The van der Waals surface area contributed by atoms with Crippen LogP contribution in [0.1, 0.15) is 48.2 Å². The van der Waals surface area contributed by atoms with Gasteiger partial charge < -0.3 is 15.4 Å². The fourth-order valence-electron chi connectivity index (χ4n) is 3.11. The molecule has 3 rings (SSSR count). The van der Waals surface area contributed by atoms with Crippen molar-refractivity contribution in [1.29, 1.82) is 0 Å². The fraction of sp³-hybridized carbons (Fsp3) is 0.240. The summed E-state index contributed by atoms with van der Waals surface area (Å²) < 4.78 is 5.93. The highest BCUT2D eigenvalue weighted by Gasteiger charge is 2.20. The lowest BCUT2D eigenvalue weighted by molar-refractivity contribution is -0.122. The smallest absolute Gasteiger partial charge is 0.265 e. The number of para-hydroxylation sites is 2. The Hall–Kier alpha value is -3.67. The molecule has 0 aliphatic rings. The predicted molar refractivity (Wildman–Crippen MR) is 121 cm³/mol. The first kappa shape index (κ1) is 22.0. The first-order chi connectivity index (χ1) is 15.0. The van der Waals surface area contributed by atoms with Crippen LogP contribution in [0.4, 0.5) is 5.69 Å². The van der Waals surface area contributed by atoms with E-state index in [9.17, 15) is 9.59 Å². The first-order valence-electron chi connectivity index (χ1n) is 10.3. The number of nitrogens with one attached hydrogen (secondary N) is 2. The maximum Gasteiger partial charge on any atom is 0.265 e. The molecule has 2 aromatic carbocycles. The Bertz CT molecular complexity index is 1030. The van der Waals surface area contributed by atoms with Gasteiger partial charge in [0, 0.05) is 18.9 Å². The molecule has 0 radical (unpaired) electrons. The van der Waals surface area contributed by atoms with Gasteiger partial charge in [-0.25, -0.2) is 0 Å². The minimum absolute atomic E-state index is 0.274. The van der Waals surface area contributed by atoms with E-state index in [-0.39, 0.29) is 17.7 Å². The second-order valence-electron chi connectivity index (χ2n) is 7.53. The standard InChI is InChI=1S/C25H27N3O3/c1-17(2)20-10-5-7-13-23(20)31-18(3)24(29)28-22-12-6-4-11-21(22)25(30)27-16-19-9-8-14-26-15-19/h4-15,17-18H,16H2,1-3H3,(H,27,30)(H,28,29)/t18-/m1/s1. The van der Waals surface area contributed by atoms with Crippen molar-refractivity contribution in [3.63, 3.8) is 0 Å². The van der Waals surface area contributed by atoms with E-state index < -0.39 is 6.10 Å². The molecule has 0 saturated heterocycles. The molecule has 0 aliphatic carbocycles. The maximum atomic E-state index is 12.8. The van der Waals surface area contributed by atoms with Gasteiger partial charge >= 0.3 is 0 Å². The topological polar surface area (TPSA) is 80.3 Å². The second kappa shape index (κ2) is 10.4. The predicted octanol–water partition coefficient (Wildman–Crippen LogP) is 4.54. The summed E-state index contributed by atoms with van der Waals surface area (Å²) in [5.41, 5.74) is 2.75.